The molecule has 1 aliphatic heterocycles. The Labute approximate surface area is 77.0 Å². The van der Waals surface area contributed by atoms with Crippen molar-refractivity contribution < 1.29 is 0 Å². The van der Waals surface area contributed by atoms with E-state index in [2.05, 4.69) is 22.6 Å². The van der Waals surface area contributed by atoms with Crippen molar-refractivity contribution in [2.45, 2.75) is 19.3 Å². The van der Waals surface area contributed by atoms with Crippen LogP contribution in [0.3, 0.4) is 0 Å². The lowest BCUT2D eigenvalue weighted by atomic mass is 9.88. The van der Waals surface area contributed by atoms with Gasteiger partial charge in [-0.2, -0.15) is 0 Å². The molecule has 2 rings (SSSR count). The molecule has 2 heterocycles. The van der Waals surface area contributed by atoms with Crippen molar-refractivity contribution in [3.8, 4) is 0 Å². The quantitative estimate of drug-likeness (QED) is 0.717. The summed E-state index contributed by atoms with van der Waals surface area (Å²) in [5.41, 5.74) is 0. The number of nitrogens with zero attached hydrogens (tertiary/aromatic N) is 1. The summed E-state index contributed by atoms with van der Waals surface area (Å²) in [5, 5.41) is 6.80. The highest BCUT2D eigenvalue weighted by molar-refractivity contribution is 7.09. The van der Waals surface area contributed by atoms with Gasteiger partial charge in [-0.15, -0.1) is 11.3 Å². The highest BCUT2D eigenvalue weighted by Crippen LogP contribution is 2.30. The number of nitrogens with one attached hydrogen (secondary N) is 1. The van der Waals surface area contributed by atoms with E-state index in [1.807, 2.05) is 6.20 Å². The van der Waals surface area contributed by atoms with Crippen LogP contribution in [0.25, 0.3) is 0 Å². The SMILES string of the molecule is CC1CNCCC1c1nccs1. The van der Waals surface area contributed by atoms with Gasteiger partial charge in [0.25, 0.3) is 0 Å². The molecule has 1 aromatic heterocycles. The lowest BCUT2D eigenvalue weighted by molar-refractivity contribution is 0.349. The highest BCUT2D eigenvalue weighted by atomic mass is 32.1. The summed E-state index contributed by atoms with van der Waals surface area (Å²) in [4.78, 5) is 4.38. The fourth-order valence-corrected chi connectivity index (χ4v) is 2.71. The topological polar surface area (TPSA) is 24.9 Å². The van der Waals surface area contributed by atoms with Crippen LogP contribution < -0.4 is 5.32 Å². The molecule has 0 aromatic carbocycles. The average Bonchev–Trinajstić information content (AvgIpc) is 2.57. The maximum atomic E-state index is 4.38. The number of hydrogen-bond acceptors (Lipinski definition) is 3. The standard InChI is InChI=1S/C9H14N2S/c1-7-6-10-3-2-8(7)9-11-4-5-12-9/h4-5,7-8,10H,2-3,6H2,1H3. The van der Waals surface area contributed by atoms with Gasteiger partial charge in [0.2, 0.25) is 0 Å². The van der Waals surface area contributed by atoms with Crippen molar-refractivity contribution in [3.05, 3.63) is 16.6 Å². The average molecular weight is 182 g/mol. The van der Waals surface area contributed by atoms with Crippen molar-refractivity contribution in [1.82, 2.24) is 10.3 Å². The van der Waals surface area contributed by atoms with Crippen molar-refractivity contribution in [2.24, 2.45) is 5.92 Å². The summed E-state index contributed by atoms with van der Waals surface area (Å²) >= 11 is 1.79. The van der Waals surface area contributed by atoms with Crippen LogP contribution >= 0.6 is 11.3 Å². The second-order valence-electron chi connectivity index (χ2n) is 3.45. The Balaban J connectivity index is 2.11. The Morgan fingerprint density at radius 1 is 1.67 bits per heavy atom. The van der Waals surface area contributed by atoms with Gasteiger partial charge in [-0.3, -0.25) is 0 Å². The molecule has 1 aliphatic rings. The van der Waals surface area contributed by atoms with E-state index in [9.17, 15) is 0 Å². The molecule has 1 saturated heterocycles. The van der Waals surface area contributed by atoms with E-state index in [1.54, 1.807) is 11.3 Å². The predicted molar refractivity (Wildman–Crippen MR) is 51.5 cm³/mol. The fraction of sp³-hybridized carbons (Fsp3) is 0.667. The minimum Gasteiger partial charge on any atom is -0.316 e. The Morgan fingerprint density at radius 2 is 2.58 bits per heavy atom. The van der Waals surface area contributed by atoms with Gasteiger partial charge < -0.3 is 5.32 Å². The van der Waals surface area contributed by atoms with E-state index in [1.165, 1.54) is 11.4 Å². The summed E-state index contributed by atoms with van der Waals surface area (Å²) in [6.07, 6.45) is 3.16. The molecule has 2 unspecified atom stereocenters. The first kappa shape index (κ1) is 8.20. The van der Waals surface area contributed by atoms with Gasteiger partial charge in [-0.05, 0) is 25.4 Å². The minimum atomic E-state index is 0.700. The number of piperidine rings is 1. The van der Waals surface area contributed by atoms with Crippen LogP contribution in [0.15, 0.2) is 11.6 Å². The summed E-state index contributed by atoms with van der Waals surface area (Å²) in [5.74, 6) is 1.44. The monoisotopic (exact) mass is 182 g/mol. The minimum absolute atomic E-state index is 0.700. The molecule has 0 radical (unpaired) electrons. The molecular formula is C9H14N2S. The van der Waals surface area contributed by atoms with Crippen LogP contribution in [0.4, 0.5) is 0 Å². The molecule has 1 N–H and O–H groups in total. The van der Waals surface area contributed by atoms with Gasteiger partial charge >= 0.3 is 0 Å². The molecule has 0 bridgehead atoms. The first-order valence-electron chi connectivity index (χ1n) is 4.48. The molecule has 2 atom stereocenters. The first-order valence-corrected chi connectivity index (χ1v) is 5.36. The molecule has 2 nitrogen and oxygen atoms in total. The molecular weight excluding hydrogens is 168 g/mol. The number of rotatable bonds is 1. The Kier molecular flexibility index (Phi) is 2.42. The predicted octanol–water partition coefficient (Wildman–Crippen LogP) is 1.86. The smallest absolute Gasteiger partial charge is 0.0959 e. The first-order chi connectivity index (χ1) is 5.88. The van der Waals surface area contributed by atoms with Gasteiger partial charge in [0.05, 0.1) is 5.01 Å². The Morgan fingerprint density at radius 3 is 3.25 bits per heavy atom. The maximum absolute atomic E-state index is 4.38. The lowest BCUT2D eigenvalue weighted by Crippen LogP contribution is -2.33. The third kappa shape index (κ3) is 1.52. The van der Waals surface area contributed by atoms with Crippen LogP contribution in [-0.4, -0.2) is 18.1 Å². The van der Waals surface area contributed by atoms with Gasteiger partial charge in [0, 0.05) is 17.5 Å². The third-order valence-corrected chi connectivity index (χ3v) is 3.46. The molecule has 3 heteroatoms. The molecule has 0 amide bonds. The molecule has 1 fully saturated rings. The Bertz CT molecular complexity index is 233. The number of hydrogen-bond donors (Lipinski definition) is 1. The number of aromatic nitrogens is 1. The fourth-order valence-electron chi connectivity index (χ4n) is 1.80. The summed E-state index contributed by atoms with van der Waals surface area (Å²) in [6.45, 7) is 4.59. The van der Waals surface area contributed by atoms with Crippen molar-refractivity contribution in [1.29, 1.82) is 0 Å². The highest BCUT2D eigenvalue weighted by Gasteiger charge is 2.24. The largest absolute Gasteiger partial charge is 0.316 e. The van der Waals surface area contributed by atoms with Gasteiger partial charge in [0.1, 0.15) is 0 Å². The van der Waals surface area contributed by atoms with Gasteiger partial charge in [0.15, 0.2) is 0 Å². The molecule has 66 valence electrons. The molecule has 1 aromatic rings. The summed E-state index contributed by atoms with van der Waals surface area (Å²) in [6, 6.07) is 0. The molecule has 0 saturated carbocycles. The third-order valence-electron chi connectivity index (χ3n) is 2.55. The molecule has 0 spiro atoms. The van der Waals surface area contributed by atoms with Gasteiger partial charge in [-0.1, -0.05) is 6.92 Å². The summed E-state index contributed by atoms with van der Waals surface area (Å²) < 4.78 is 0. The van der Waals surface area contributed by atoms with Crippen LogP contribution in [0, 0.1) is 5.92 Å². The van der Waals surface area contributed by atoms with E-state index in [0.29, 0.717) is 5.92 Å². The van der Waals surface area contributed by atoms with Crippen molar-refractivity contribution in [3.63, 3.8) is 0 Å². The zero-order chi connectivity index (χ0) is 8.39. The zero-order valence-corrected chi connectivity index (χ0v) is 8.10. The van der Waals surface area contributed by atoms with Crippen molar-refractivity contribution >= 4 is 11.3 Å². The number of thiazole rings is 1. The van der Waals surface area contributed by atoms with E-state index >= 15 is 0 Å². The summed E-state index contributed by atoms with van der Waals surface area (Å²) in [7, 11) is 0. The maximum Gasteiger partial charge on any atom is 0.0959 e. The van der Waals surface area contributed by atoms with Crippen molar-refractivity contribution in [2.75, 3.05) is 13.1 Å². The molecule has 0 aliphatic carbocycles. The van der Waals surface area contributed by atoms with Crippen LogP contribution in [0.2, 0.25) is 0 Å². The van der Waals surface area contributed by atoms with Crippen LogP contribution in [-0.2, 0) is 0 Å². The molecule has 12 heavy (non-hydrogen) atoms. The van der Waals surface area contributed by atoms with E-state index in [4.69, 9.17) is 0 Å². The van der Waals surface area contributed by atoms with E-state index in [0.717, 1.165) is 19.0 Å². The second-order valence-corrected chi connectivity index (χ2v) is 4.37. The zero-order valence-electron chi connectivity index (χ0n) is 7.29. The second kappa shape index (κ2) is 3.54. The van der Waals surface area contributed by atoms with E-state index < -0.39 is 0 Å². The lowest BCUT2D eigenvalue weighted by Gasteiger charge is -2.27. The van der Waals surface area contributed by atoms with Crippen LogP contribution in [0.1, 0.15) is 24.3 Å². The van der Waals surface area contributed by atoms with E-state index in [-0.39, 0.29) is 0 Å². The van der Waals surface area contributed by atoms with Gasteiger partial charge in [-0.25, -0.2) is 4.98 Å². The normalized spacial score (nSPS) is 30.4. The van der Waals surface area contributed by atoms with Crippen LogP contribution in [0.5, 0.6) is 0 Å². The Hall–Kier alpha value is -0.410.